The second kappa shape index (κ2) is 8.14. The van der Waals surface area contributed by atoms with E-state index in [0.29, 0.717) is 25.6 Å². The molecule has 3 atom stereocenters. The molecule has 0 amide bonds. The van der Waals surface area contributed by atoms with Crippen molar-refractivity contribution in [3.8, 4) is 22.8 Å². The molecule has 0 aromatic carbocycles. The summed E-state index contributed by atoms with van der Waals surface area (Å²) in [7, 11) is 0. The summed E-state index contributed by atoms with van der Waals surface area (Å²) < 4.78 is 27.8. The Morgan fingerprint density at radius 1 is 1.16 bits per heavy atom. The number of ether oxygens (including phenoxy) is 2. The highest BCUT2D eigenvalue weighted by Crippen LogP contribution is 2.35. The van der Waals surface area contributed by atoms with Gasteiger partial charge in [0.15, 0.2) is 0 Å². The summed E-state index contributed by atoms with van der Waals surface area (Å²) in [6.45, 7) is 3.00. The minimum atomic E-state index is -0.933. The van der Waals surface area contributed by atoms with Crippen LogP contribution in [0.1, 0.15) is 18.4 Å². The van der Waals surface area contributed by atoms with Gasteiger partial charge in [0.2, 0.25) is 5.88 Å². The third-order valence-corrected chi connectivity index (χ3v) is 6.42. The first-order valence-corrected chi connectivity index (χ1v) is 11.1. The van der Waals surface area contributed by atoms with Crippen LogP contribution in [0.15, 0.2) is 42.9 Å². The van der Waals surface area contributed by atoms with Crippen molar-refractivity contribution < 1.29 is 13.9 Å². The molecule has 2 fully saturated rings. The first kappa shape index (κ1) is 19.6. The van der Waals surface area contributed by atoms with Gasteiger partial charge in [-0.1, -0.05) is 0 Å². The molecule has 3 aromatic heterocycles. The van der Waals surface area contributed by atoms with Gasteiger partial charge in [-0.2, -0.15) is 5.10 Å². The van der Waals surface area contributed by atoms with Gasteiger partial charge in [-0.15, -0.1) is 0 Å². The van der Waals surface area contributed by atoms with E-state index >= 15 is 0 Å². The van der Waals surface area contributed by atoms with E-state index in [-0.39, 0.29) is 12.1 Å². The Morgan fingerprint density at radius 2 is 2.12 bits per heavy atom. The molecule has 6 rings (SSSR count). The van der Waals surface area contributed by atoms with Gasteiger partial charge in [0.1, 0.15) is 24.3 Å². The average molecular weight is 436 g/mol. The third-order valence-electron chi connectivity index (χ3n) is 6.42. The molecule has 1 N–H and O–H groups in total. The monoisotopic (exact) mass is 436 g/mol. The Hall–Kier alpha value is -3.04. The minimum absolute atomic E-state index is 0.118. The Balaban J connectivity index is 1.15. The molecule has 2 saturated heterocycles. The van der Waals surface area contributed by atoms with Crippen LogP contribution in [0.25, 0.3) is 16.9 Å². The number of hydrogen-bond acceptors (Lipinski definition) is 7. The number of nitrogens with one attached hydrogen (secondary N) is 1. The van der Waals surface area contributed by atoms with Crippen molar-refractivity contribution in [3.05, 3.63) is 48.4 Å². The first-order valence-electron chi connectivity index (χ1n) is 11.1. The van der Waals surface area contributed by atoms with Crippen LogP contribution in [0.2, 0.25) is 0 Å². The molecule has 8 nitrogen and oxygen atoms in total. The molecule has 0 spiro atoms. The number of piperidine rings is 1. The fourth-order valence-corrected chi connectivity index (χ4v) is 4.68. The van der Waals surface area contributed by atoms with Crippen molar-refractivity contribution in [1.82, 2.24) is 25.1 Å². The molecule has 3 aromatic rings. The lowest BCUT2D eigenvalue weighted by Gasteiger charge is -2.36. The van der Waals surface area contributed by atoms with E-state index < -0.39 is 6.17 Å². The Labute approximate surface area is 185 Å². The molecule has 0 bridgehead atoms. The Kier molecular flexibility index (Phi) is 4.99. The molecule has 2 unspecified atom stereocenters. The molecular formula is C23H25FN6O2. The number of halogens is 1. The normalized spacial score (nSPS) is 24.7. The lowest BCUT2D eigenvalue weighted by atomic mass is 10.0. The maximum Gasteiger partial charge on any atom is 0.223 e. The van der Waals surface area contributed by atoms with Crippen LogP contribution in [0.3, 0.4) is 0 Å². The number of alkyl halides is 1. The molecule has 3 aliphatic heterocycles. The van der Waals surface area contributed by atoms with Crippen molar-refractivity contribution in [2.75, 3.05) is 31.2 Å². The van der Waals surface area contributed by atoms with E-state index in [1.165, 1.54) is 0 Å². The van der Waals surface area contributed by atoms with Gasteiger partial charge in [-0.3, -0.25) is 0 Å². The standard InChI is InChI=1S/C23H25FN6O2/c24-19-12-29(8-5-20(19)27-16-6-9-31-14-16)21-4-3-17(10-26-21)30-11-15-13-32-23-18(22(15)28-30)2-1-7-25-23/h1-4,7,10-11,16,19-20,27H,5-6,8-9,12-14H2/t16-,19?,20?/m0/s1. The number of fused-ring (bicyclic) bond motifs is 3. The molecule has 9 heteroatoms. The highest BCUT2D eigenvalue weighted by atomic mass is 19.1. The van der Waals surface area contributed by atoms with E-state index in [1.54, 1.807) is 12.4 Å². The van der Waals surface area contributed by atoms with E-state index in [2.05, 4.69) is 15.3 Å². The third kappa shape index (κ3) is 3.61. The van der Waals surface area contributed by atoms with Crippen LogP contribution in [0.5, 0.6) is 5.88 Å². The van der Waals surface area contributed by atoms with Gasteiger partial charge in [0.05, 0.1) is 30.6 Å². The Morgan fingerprint density at radius 3 is 2.94 bits per heavy atom. The van der Waals surface area contributed by atoms with Crippen molar-refractivity contribution >= 4 is 5.82 Å². The molecule has 6 heterocycles. The zero-order valence-corrected chi connectivity index (χ0v) is 17.7. The summed E-state index contributed by atoms with van der Waals surface area (Å²) >= 11 is 0. The summed E-state index contributed by atoms with van der Waals surface area (Å²) in [5, 5.41) is 8.17. The second-order valence-electron chi connectivity index (χ2n) is 8.55. The van der Waals surface area contributed by atoms with Crippen molar-refractivity contribution in [1.29, 1.82) is 0 Å². The first-order chi connectivity index (χ1) is 15.7. The molecule has 3 aliphatic rings. The van der Waals surface area contributed by atoms with E-state index in [4.69, 9.17) is 14.6 Å². The summed E-state index contributed by atoms with van der Waals surface area (Å²) in [5.41, 5.74) is 3.64. The molecule has 0 radical (unpaired) electrons. The smallest absolute Gasteiger partial charge is 0.223 e. The Bertz CT molecular complexity index is 1100. The lowest BCUT2D eigenvalue weighted by molar-refractivity contribution is 0.172. The number of rotatable bonds is 4. The SMILES string of the molecule is FC1CN(c2ccc(-n3cc4c(n3)-c3cccnc3OC4)cn2)CCC1N[C@H]1CCOC1. The highest BCUT2D eigenvalue weighted by Gasteiger charge is 2.32. The molecule has 0 saturated carbocycles. The van der Waals surface area contributed by atoms with E-state index in [1.807, 2.05) is 40.0 Å². The van der Waals surface area contributed by atoms with Gasteiger partial charge < -0.3 is 19.7 Å². The van der Waals surface area contributed by atoms with Crippen LogP contribution >= 0.6 is 0 Å². The zero-order valence-electron chi connectivity index (χ0n) is 17.7. The number of nitrogens with zero attached hydrogens (tertiary/aromatic N) is 5. The molecule has 166 valence electrons. The summed E-state index contributed by atoms with van der Waals surface area (Å²) in [6.07, 6.45) is 6.24. The maximum atomic E-state index is 14.8. The largest absolute Gasteiger partial charge is 0.472 e. The van der Waals surface area contributed by atoms with Gasteiger partial charge in [0, 0.05) is 43.2 Å². The van der Waals surface area contributed by atoms with E-state index in [9.17, 15) is 4.39 Å². The van der Waals surface area contributed by atoms with Gasteiger partial charge >= 0.3 is 0 Å². The van der Waals surface area contributed by atoms with Crippen LogP contribution < -0.4 is 15.0 Å². The van der Waals surface area contributed by atoms with Crippen LogP contribution in [0.4, 0.5) is 10.2 Å². The van der Waals surface area contributed by atoms with Crippen LogP contribution in [-0.2, 0) is 11.3 Å². The lowest BCUT2D eigenvalue weighted by Crippen LogP contribution is -2.53. The average Bonchev–Trinajstić information content (AvgIpc) is 3.50. The van der Waals surface area contributed by atoms with Gasteiger partial charge in [-0.25, -0.2) is 19.0 Å². The topological polar surface area (TPSA) is 77.3 Å². The number of pyridine rings is 2. The molecular weight excluding hydrogens is 411 g/mol. The fourth-order valence-electron chi connectivity index (χ4n) is 4.68. The van der Waals surface area contributed by atoms with Gasteiger partial charge in [0.25, 0.3) is 0 Å². The number of hydrogen-bond donors (Lipinski definition) is 1. The van der Waals surface area contributed by atoms with Crippen molar-refractivity contribution in [2.45, 2.75) is 37.7 Å². The van der Waals surface area contributed by atoms with Crippen LogP contribution in [-0.4, -0.2) is 64.3 Å². The fraction of sp³-hybridized carbons (Fsp3) is 0.435. The van der Waals surface area contributed by atoms with Crippen molar-refractivity contribution in [3.63, 3.8) is 0 Å². The summed E-state index contributed by atoms with van der Waals surface area (Å²) in [5.74, 6) is 1.40. The number of aromatic nitrogens is 4. The predicted molar refractivity (Wildman–Crippen MR) is 117 cm³/mol. The maximum absolute atomic E-state index is 14.8. The molecule has 32 heavy (non-hydrogen) atoms. The second-order valence-corrected chi connectivity index (χ2v) is 8.55. The quantitative estimate of drug-likeness (QED) is 0.673. The minimum Gasteiger partial charge on any atom is -0.472 e. The summed E-state index contributed by atoms with van der Waals surface area (Å²) in [4.78, 5) is 10.9. The van der Waals surface area contributed by atoms with Gasteiger partial charge in [-0.05, 0) is 37.1 Å². The molecule has 0 aliphatic carbocycles. The summed E-state index contributed by atoms with van der Waals surface area (Å²) in [6, 6.07) is 7.91. The predicted octanol–water partition coefficient (Wildman–Crippen LogP) is 2.52. The highest BCUT2D eigenvalue weighted by molar-refractivity contribution is 5.69. The zero-order chi connectivity index (χ0) is 21.5. The number of anilines is 1. The van der Waals surface area contributed by atoms with Crippen LogP contribution in [0, 0.1) is 0 Å². The van der Waals surface area contributed by atoms with E-state index in [0.717, 1.165) is 54.3 Å². The van der Waals surface area contributed by atoms with Crippen molar-refractivity contribution in [2.24, 2.45) is 0 Å².